The molecule has 0 radical (unpaired) electrons. The Labute approximate surface area is 116 Å². The molecule has 100 valence electrons. The fraction of sp³-hybridized carbons (Fsp3) is 0.133. The molecule has 0 unspecified atom stereocenters. The van der Waals surface area contributed by atoms with Gasteiger partial charge in [0.1, 0.15) is 24.1 Å². The lowest BCUT2D eigenvalue weighted by Gasteiger charge is -2.11. The standard InChI is InChI=1S/C15H12N2O3/c1-10-12(15(18)19)5-2-6-14(10)20-9-11-4-3-7-17-13(11)8-16/h2-7H,9H2,1H3,(H,18,19). The molecule has 0 bridgehead atoms. The molecule has 20 heavy (non-hydrogen) atoms. The van der Waals surface area contributed by atoms with Crippen LogP contribution in [0.3, 0.4) is 0 Å². The molecule has 0 fully saturated rings. The summed E-state index contributed by atoms with van der Waals surface area (Å²) in [6, 6.07) is 10.3. The molecule has 0 aliphatic heterocycles. The Morgan fingerprint density at radius 1 is 1.40 bits per heavy atom. The third-order valence-electron chi connectivity index (χ3n) is 2.89. The van der Waals surface area contributed by atoms with Crippen LogP contribution in [0.2, 0.25) is 0 Å². The first kappa shape index (κ1) is 13.6. The summed E-state index contributed by atoms with van der Waals surface area (Å²) in [7, 11) is 0. The van der Waals surface area contributed by atoms with Gasteiger partial charge in [-0.2, -0.15) is 5.26 Å². The van der Waals surface area contributed by atoms with Gasteiger partial charge in [-0.3, -0.25) is 0 Å². The lowest BCUT2D eigenvalue weighted by atomic mass is 10.1. The van der Waals surface area contributed by atoms with Gasteiger partial charge in [-0.25, -0.2) is 9.78 Å². The molecule has 0 saturated carbocycles. The highest BCUT2D eigenvalue weighted by atomic mass is 16.5. The van der Waals surface area contributed by atoms with Gasteiger partial charge < -0.3 is 9.84 Å². The molecule has 0 aliphatic carbocycles. The number of ether oxygens (including phenoxy) is 1. The molecule has 1 aromatic carbocycles. The third-order valence-corrected chi connectivity index (χ3v) is 2.89. The predicted octanol–water partition coefficient (Wildman–Crippen LogP) is 2.54. The average molecular weight is 268 g/mol. The van der Waals surface area contributed by atoms with E-state index in [9.17, 15) is 4.79 Å². The van der Waals surface area contributed by atoms with Crippen LogP contribution in [0.1, 0.15) is 27.2 Å². The second-order valence-corrected chi connectivity index (χ2v) is 4.15. The molecule has 5 heteroatoms. The summed E-state index contributed by atoms with van der Waals surface area (Å²) in [5, 5.41) is 18.0. The van der Waals surface area contributed by atoms with Gasteiger partial charge in [0.25, 0.3) is 0 Å². The summed E-state index contributed by atoms with van der Waals surface area (Å²) in [5.74, 6) is -0.510. The fourth-order valence-corrected chi connectivity index (χ4v) is 1.81. The first-order valence-electron chi connectivity index (χ1n) is 5.93. The molecular formula is C15H12N2O3. The van der Waals surface area contributed by atoms with E-state index in [4.69, 9.17) is 15.1 Å². The van der Waals surface area contributed by atoms with Gasteiger partial charge in [0.05, 0.1) is 5.56 Å². The second kappa shape index (κ2) is 5.85. The van der Waals surface area contributed by atoms with Crippen molar-refractivity contribution in [2.45, 2.75) is 13.5 Å². The van der Waals surface area contributed by atoms with Crippen molar-refractivity contribution in [2.24, 2.45) is 0 Å². The van der Waals surface area contributed by atoms with Crippen LogP contribution in [-0.2, 0) is 6.61 Å². The maximum atomic E-state index is 11.0. The van der Waals surface area contributed by atoms with Crippen LogP contribution in [-0.4, -0.2) is 16.1 Å². The SMILES string of the molecule is Cc1c(OCc2cccnc2C#N)cccc1C(=O)O. The van der Waals surface area contributed by atoms with Gasteiger partial charge in [-0.05, 0) is 25.1 Å². The van der Waals surface area contributed by atoms with E-state index in [2.05, 4.69) is 4.98 Å². The fourth-order valence-electron chi connectivity index (χ4n) is 1.81. The lowest BCUT2D eigenvalue weighted by molar-refractivity contribution is 0.0695. The third kappa shape index (κ3) is 2.75. The minimum absolute atomic E-state index is 0.167. The van der Waals surface area contributed by atoms with E-state index < -0.39 is 5.97 Å². The smallest absolute Gasteiger partial charge is 0.336 e. The van der Waals surface area contributed by atoms with Crippen LogP contribution >= 0.6 is 0 Å². The topological polar surface area (TPSA) is 83.2 Å². The Hall–Kier alpha value is -2.87. The molecule has 0 amide bonds. The minimum atomic E-state index is -0.993. The van der Waals surface area contributed by atoms with Gasteiger partial charge >= 0.3 is 5.97 Å². The maximum Gasteiger partial charge on any atom is 0.336 e. The van der Waals surface area contributed by atoms with Crippen LogP contribution < -0.4 is 4.74 Å². The molecule has 0 saturated heterocycles. The lowest BCUT2D eigenvalue weighted by Crippen LogP contribution is -2.04. The Morgan fingerprint density at radius 2 is 2.20 bits per heavy atom. The summed E-state index contributed by atoms with van der Waals surface area (Å²) >= 11 is 0. The van der Waals surface area contributed by atoms with Crippen molar-refractivity contribution in [1.82, 2.24) is 4.98 Å². The summed E-state index contributed by atoms with van der Waals surface area (Å²) in [6.45, 7) is 1.86. The van der Waals surface area contributed by atoms with E-state index in [1.807, 2.05) is 6.07 Å². The van der Waals surface area contributed by atoms with Gasteiger partial charge in [-0.1, -0.05) is 12.1 Å². The number of nitrogens with zero attached hydrogens (tertiary/aromatic N) is 2. The maximum absolute atomic E-state index is 11.0. The Morgan fingerprint density at radius 3 is 2.90 bits per heavy atom. The number of carbonyl (C=O) groups is 1. The highest BCUT2D eigenvalue weighted by Gasteiger charge is 2.11. The van der Waals surface area contributed by atoms with Crippen LogP contribution in [0, 0.1) is 18.3 Å². The number of hydrogen-bond acceptors (Lipinski definition) is 4. The van der Waals surface area contributed by atoms with Crippen molar-refractivity contribution in [2.75, 3.05) is 0 Å². The molecule has 0 aliphatic rings. The zero-order valence-corrected chi connectivity index (χ0v) is 10.8. The molecule has 2 rings (SSSR count). The summed E-state index contributed by atoms with van der Waals surface area (Å²) in [6.07, 6.45) is 1.54. The van der Waals surface area contributed by atoms with Crippen LogP contribution in [0.4, 0.5) is 0 Å². The number of aromatic carboxylic acids is 1. The molecule has 1 heterocycles. The molecule has 1 aromatic heterocycles. The van der Waals surface area contributed by atoms with Gasteiger partial charge in [0.2, 0.25) is 0 Å². The minimum Gasteiger partial charge on any atom is -0.489 e. The number of aromatic nitrogens is 1. The summed E-state index contributed by atoms with van der Waals surface area (Å²) < 4.78 is 5.60. The van der Waals surface area contributed by atoms with Crippen molar-refractivity contribution in [3.8, 4) is 11.8 Å². The second-order valence-electron chi connectivity index (χ2n) is 4.15. The largest absolute Gasteiger partial charge is 0.489 e. The molecule has 1 N–H and O–H groups in total. The van der Waals surface area contributed by atoms with Gasteiger partial charge in [0, 0.05) is 17.3 Å². The molecule has 0 spiro atoms. The number of carboxylic acids is 1. The Kier molecular flexibility index (Phi) is 3.96. The van der Waals surface area contributed by atoms with E-state index in [0.29, 0.717) is 22.6 Å². The molecular weight excluding hydrogens is 256 g/mol. The average Bonchev–Trinajstić information content (AvgIpc) is 2.46. The van der Waals surface area contributed by atoms with Gasteiger partial charge in [-0.15, -0.1) is 0 Å². The summed E-state index contributed by atoms with van der Waals surface area (Å²) in [4.78, 5) is 15.0. The molecule has 5 nitrogen and oxygen atoms in total. The van der Waals surface area contributed by atoms with Crippen molar-refractivity contribution < 1.29 is 14.6 Å². The van der Waals surface area contributed by atoms with E-state index >= 15 is 0 Å². The van der Waals surface area contributed by atoms with E-state index in [-0.39, 0.29) is 12.2 Å². The highest BCUT2D eigenvalue weighted by molar-refractivity contribution is 5.90. The predicted molar refractivity (Wildman–Crippen MR) is 71.4 cm³/mol. The normalized spacial score (nSPS) is 9.80. The Balaban J connectivity index is 2.22. The van der Waals surface area contributed by atoms with Crippen molar-refractivity contribution in [1.29, 1.82) is 5.26 Å². The van der Waals surface area contributed by atoms with Crippen molar-refractivity contribution in [3.63, 3.8) is 0 Å². The number of nitriles is 1. The summed E-state index contributed by atoms with van der Waals surface area (Å²) in [5.41, 5.74) is 1.73. The monoisotopic (exact) mass is 268 g/mol. The number of carboxylic acid groups (broad SMARTS) is 1. The zero-order valence-electron chi connectivity index (χ0n) is 10.8. The number of hydrogen-bond donors (Lipinski definition) is 1. The van der Waals surface area contributed by atoms with Gasteiger partial charge in [0.15, 0.2) is 0 Å². The first-order chi connectivity index (χ1) is 9.63. The van der Waals surface area contributed by atoms with E-state index in [1.54, 1.807) is 37.4 Å². The highest BCUT2D eigenvalue weighted by Crippen LogP contribution is 2.22. The van der Waals surface area contributed by atoms with Crippen molar-refractivity contribution in [3.05, 3.63) is 58.9 Å². The zero-order chi connectivity index (χ0) is 14.5. The first-order valence-corrected chi connectivity index (χ1v) is 5.93. The number of pyridine rings is 1. The van der Waals surface area contributed by atoms with Crippen molar-refractivity contribution >= 4 is 5.97 Å². The van der Waals surface area contributed by atoms with Crippen LogP contribution in [0.5, 0.6) is 5.75 Å². The van der Waals surface area contributed by atoms with Crippen LogP contribution in [0.15, 0.2) is 36.5 Å². The molecule has 0 atom stereocenters. The number of benzene rings is 1. The van der Waals surface area contributed by atoms with Crippen LogP contribution in [0.25, 0.3) is 0 Å². The quantitative estimate of drug-likeness (QED) is 0.921. The van der Waals surface area contributed by atoms with E-state index in [1.165, 1.54) is 6.07 Å². The van der Waals surface area contributed by atoms with E-state index in [0.717, 1.165) is 0 Å². The molecule has 2 aromatic rings. The Bertz CT molecular complexity index is 690. The number of rotatable bonds is 4.